The molecule has 0 saturated carbocycles. The van der Waals surface area contributed by atoms with E-state index in [0.29, 0.717) is 62.5 Å². The van der Waals surface area contributed by atoms with Crippen LogP contribution in [0.5, 0.6) is 17.2 Å². The average molecular weight is 480 g/mol. The Labute approximate surface area is 206 Å². The summed E-state index contributed by atoms with van der Waals surface area (Å²) < 4.78 is 22.6. The molecule has 1 atom stereocenters. The first-order valence-corrected chi connectivity index (χ1v) is 12.3. The van der Waals surface area contributed by atoms with Crippen LogP contribution in [0.1, 0.15) is 57.4 Å². The maximum Gasteiger partial charge on any atom is 0.232 e. The van der Waals surface area contributed by atoms with Gasteiger partial charge in [0.05, 0.1) is 25.7 Å². The first kappa shape index (κ1) is 24.6. The number of hydrogen-bond donors (Lipinski definition) is 0. The van der Waals surface area contributed by atoms with Gasteiger partial charge in [-0.15, -0.1) is 0 Å². The van der Waals surface area contributed by atoms with Crippen molar-refractivity contribution < 1.29 is 23.5 Å². The van der Waals surface area contributed by atoms with Crippen LogP contribution in [0.15, 0.2) is 47.0 Å². The van der Waals surface area contributed by atoms with Gasteiger partial charge in [0, 0.05) is 25.1 Å². The Hall–Kier alpha value is -3.55. The molecule has 1 aromatic heterocycles. The highest BCUT2D eigenvalue weighted by Crippen LogP contribution is 2.32. The van der Waals surface area contributed by atoms with Gasteiger partial charge in [-0.05, 0) is 62.2 Å². The number of hydrogen-bond acceptors (Lipinski definition) is 7. The molecule has 0 bridgehead atoms. The van der Waals surface area contributed by atoms with Crippen LogP contribution < -0.4 is 14.2 Å². The Balaban J connectivity index is 1.39. The summed E-state index contributed by atoms with van der Waals surface area (Å²) in [6.07, 6.45) is 2.47. The zero-order valence-corrected chi connectivity index (χ0v) is 20.7. The molecule has 1 unspecified atom stereocenters. The van der Waals surface area contributed by atoms with Crippen LogP contribution in [0.3, 0.4) is 0 Å². The van der Waals surface area contributed by atoms with Crippen LogP contribution in [-0.4, -0.2) is 47.3 Å². The maximum atomic E-state index is 12.7. The molecule has 4 rings (SSSR count). The number of aromatic nitrogens is 2. The van der Waals surface area contributed by atoms with E-state index in [4.69, 9.17) is 18.7 Å². The lowest BCUT2D eigenvalue weighted by Gasteiger charge is -2.18. The van der Waals surface area contributed by atoms with Crippen molar-refractivity contribution >= 4 is 5.91 Å². The molecule has 0 aliphatic carbocycles. The molecule has 8 heteroatoms. The molecule has 186 valence electrons. The van der Waals surface area contributed by atoms with E-state index in [1.165, 1.54) is 0 Å². The monoisotopic (exact) mass is 479 g/mol. The molecular formula is C27H33N3O5. The Morgan fingerprint density at radius 2 is 1.77 bits per heavy atom. The van der Waals surface area contributed by atoms with Gasteiger partial charge in [0.25, 0.3) is 0 Å². The smallest absolute Gasteiger partial charge is 0.232 e. The Bertz CT molecular complexity index is 1110. The quantitative estimate of drug-likeness (QED) is 0.329. The maximum absolute atomic E-state index is 12.7. The normalized spacial score (nSPS) is 15.5. The number of amides is 1. The van der Waals surface area contributed by atoms with Crippen molar-refractivity contribution in [1.29, 1.82) is 0 Å². The van der Waals surface area contributed by atoms with Crippen LogP contribution in [-0.2, 0) is 11.3 Å². The van der Waals surface area contributed by atoms with Crippen molar-refractivity contribution in [2.45, 2.75) is 52.5 Å². The number of rotatable bonds is 12. The molecule has 35 heavy (non-hydrogen) atoms. The van der Waals surface area contributed by atoms with E-state index in [-0.39, 0.29) is 11.8 Å². The Morgan fingerprint density at radius 1 is 1.00 bits per heavy atom. The van der Waals surface area contributed by atoms with E-state index < -0.39 is 0 Å². The topological polar surface area (TPSA) is 86.9 Å². The van der Waals surface area contributed by atoms with E-state index in [1.54, 1.807) is 0 Å². The van der Waals surface area contributed by atoms with E-state index in [9.17, 15) is 4.79 Å². The molecule has 8 nitrogen and oxygen atoms in total. The third-order valence-corrected chi connectivity index (χ3v) is 5.87. The van der Waals surface area contributed by atoms with Gasteiger partial charge in [-0.2, -0.15) is 4.98 Å². The van der Waals surface area contributed by atoms with Crippen LogP contribution in [0, 0.1) is 0 Å². The highest BCUT2D eigenvalue weighted by atomic mass is 16.5. The van der Waals surface area contributed by atoms with Gasteiger partial charge in [-0.1, -0.05) is 24.6 Å². The number of carbonyl (C=O) groups is 1. The lowest BCUT2D eigenvalue weighted by Crippen LogP contribution is -2.24. The summed E-state index contributed by atoms with van der Waals surface area (Å²) in [5.74, 6) is 3.16. The summed E-state index contributed by atoms with van der Waals surface area (Å²) in [6.45, 7) is 8.84. The number of benzene rings is 2. The third-order valence-electron chi connectivity index (χ3n) is 5.87. The van der Waals surface area contributed by atoms with E-state index in [1.807, 2.05) is 61.2 Å². The minimum atomic E-state index is -0.130. The van der Waals surface area contributed by atoms with Crippen LogP contribution >= 0.6 is 0 Å². The highest BCUT2D eigenvalue weighted by Gasteiger charge is 2.34. The number of ether oxygens (including phenoxy) is 3. The van der Waals surface area contributed by atoms with Crippen molar-refractivity contribution in [2.24, 2.45) is 0 Å². The van der Waals surface area contributed by atoms with Crippen molar-refractivity contribution in [1.82, 2.24) is 15.0 Å². The summed E-state index contributed by atoms with van der Waals surface area (Å²) in [6, 6.07) is 13.5. The lowest BCUT2D eigenvalue weighted by molar-refractivity contribution is -0.128. The summed E-state index contributed by atoms with van der Waals surface area (Å²) in [5.41, 5.74) is 1.83. The summed E-state index contributed by atoms with van der Waals surface area (Å²) >= 11 is 0. The predicted molar refractivity (Wildman–Crippen MR) is 132 cm³/mol. The number of carbonyl (C=O) groups excluding carboxylic acids is 1. The van der Waals surface area contributed by atoms with Gasteiger partial charge >= 0.3 is 0 Å². The van der Waals surface area contributed by atoms with Gasteiger partial charge in [-0.25, -0.2) is 0 Å². The van der Waals surface area contributed by atoms with Gasteiger partial charge in [0.1, 0.15) is 5.75 Å². The summed E-state index contributed by atoms with van der Waals surface area (Å²) in [7, 11) is 0. The minimum Gasteiger partial charge on any atom is -0.494 e. The average Bonchev–Trinajstić information content (AvgIpc) is 3.49. The van der Waals surface area contributed by atoms with E-state index in [2.05, 4.69) is 17.1 Å². The molecule has 1 aliphatic rings. The fraction of sp³-hybridized carbons (Fsp3) is 0.444. The molecule has 1 aliphatic heterocycles. The second kappa shape index (κ2) is 11.7. The second-order valence-electron chi connectivity index (χ2n) is 8.51. The first-order chi connectivity index (χ1) is 17.1. The van der Waals surface area contributed by atoms with Crippen LogP contribution in [0.2, 0.25) is 0 Å². The standard InChI is InChI=1S/C27H33N3O5/c1-4-7-14-34-22-11-9-20(10-12-22)26-28-27(35-29-26)21-16-25(31)30(18-21)17-19-8-13-23(32-5-2)24(15-19)33-6-3/h8-13,15,21H,4-7,14,16-18H2,1-3H3. The van der Waals surface area contributed by atoms with Crippen molar-refractivity contribution in [3.8, 4) is 28.6 Å². The summed E-state index contributed by atoms with van der Waals surface area (Å²) in [5, 5.41) is 4.14. The largest absolute Gasteiger partial charge is 0.494 e. The zero-order valence-electron chi connectivity index (χ0n) is 20.7. The van der Waals surface area contributed by atoms with E-state index in [0.717, 1.165) is 29.7 Å². The fourth-order valence-electron chi connectivity index (χ4n) is 4.06. The molecule has 0 spiro atoms. The molecule has 0 radical (unpaired) electrons. The zero-order chi connectivity index (χ0) is 24.6. The van der Waals surface area contributed by atoms with E-state index >= 15 is 0 Å². The number of unbranched alkanes of at least 4 members (excludes halogenated alkanes) is 1. The van der Waals surface area contributed by atoms with Crippen molar-refractivity contribution in [3.63, 3.8) is 0 Å². The predicted octanol–water partition coefficient (Wildman–Crippen LogP) is 5.23. The second-order valence-corrected chi connectivity index (χ2v) is 8.51. The lowest BCUT2D eigenvalue weighted by atomic mass is 10.1. The van der Waals surface area contributed by atoms with Gasteiger partial charge in [-0.3, -0.25) is 4.79 Å². The van der Waals surface area contributed by atoms with Gasteiger partial charge < -0.3 is 23.6 Å². The minimum absolute atomic E-state index is 0.0650. The molecule has 1 amide bonds. The van der Waals surface area contributed by atoms with Crippen molar-refractivity contribution in [2.75, 3.05) is 26.4 Å². The first-order valence-electron chi connectivity index (χ1n) is 12.3. The van der Waals surface area contributed by atoms with Crippen LogP contribution in [0.4, 0.5) is 0 Å². The fourth-order valence-corrected chi connectivity index (χ4v) is 4.06. The summed E-state index contributed by atoms with van der Waals surface area (Å²) in [4.78, 5) is 19.1. The molecule has 2 heterocycles. The molecule has 2 aromatic carbocycles. The van der Waals surface area contributed by atoms with Gasteiger partial charge in [0.2, 0.25) is 17.6 Å². The van der Waals surface area contributed by atoms with Gasteiger partial charge in [0.15, 0.2) is 11.5 Å². The number of nitrogens with zero attached hydrogens (tertiary/aromatic N) is 3. The SMILES string of the molecule is CCCCOc1ccc(-c2noc(C3CC(=O)N(Cc4ccc(OCC)c(OCC)c4)C3)n2)cc1. The Morgan fingerprint density at radius 3 is 2.51 bits per heavy atom. The number of likely N-dealkylation sites (tertiary alicyclic amines) is 1. The third kappa shape index (κ3) is 6.12. The molecule has 1 saturated heterocycles. The Kier molecular flexibility index (Phi) is 8.23. The molecule has 1 fully saturated rings. The molecule has 0 N–H and O–H groups in total. The van der Waals surface area contributed by atoms with Crippen LogP contribution in [0.25, 0.3) is 11.4 Å². The van der Waals surface area contributed by atoms with Crippen molar-refractivity contribution in [3.05, 3.63) is 53.9 Å². The molecular weight excluding hydrogens is 446 g/mol. The highest BCUT2D eigenvalue weighted by molar-refractivity contribution is 5.79. The molecule has 3 aromatic rings.